The van der Waals surface area contributed by atoms with E-state index in [1.807, 2.05) is 54.9 Å². The third-order valence-electron chi connectivity index (χ3n) is 6.16. The molecule has 0 saturated heterocycles. The fourth-order valence-corrected chi connectivity index (χ4v) is 4.36. The molecule has 0 aliphatic carbocycles. The van der Waals surface area contributed by atoms with E-state index in [-0.39, 0.29) is 6.42 Å². The van der Waals surface area contributed by atoms with Gasteiger partial charge in [0.25, 0.3) is 5.69 Å². The summed E-state index contributed by atoms with van der Waals surface area (Å²) >= 11 is 0. The van der Waals surface area contributed by atoms with Crippen LogP contribution in [0, 0.1) is 12.3 Å². The quantitative estimate of drug-likeness (QED) is 0.305. The van der Waals surface area contributed by atoms with Gasteiger partial charge in [-0.15, -0.1) is 0 Å². The second-order valence-electron chi connectivity index (χ2n) is 8.62. The van der Waals surface area contributed by atoms with Crippen molar-refractivity contribution >= 4 is 21.9 Å². The third-order valence-corrected chi connectivity index (χ3v) is 6.16. The largest absolute Gasteiger partial charge is 0.460 e. The number of alkyl halides is 3. The average Bonchev–Trinajstić information content (AvgIpc) is 3.10. The summed E-state index contributed by atoms with van der Waals surface area (Å²) in [6, 6.07) is 11.4. The topological polar surface area (TPSA) is 26.2 Å². The molecule has 0 unspecified atom stereocenters. The highest BCUT2D eigenvalue weighted by Crippen LogP contribution is 2.52. The van der Waals surface area contributed by atoms with E-state index in [0.717, 1.165) is 33.1 Å². The van der Waals surface area contributed by atoms with Gasteiger partial charge in [-0.3, -0.25) is 0 Å². The van der Waals surface area contributed by atoms with E-state index >= 15 is 0 Å². The van der Waals surface area contributed by atoms with Crippen LogP contribution in [0.3, 0.4) is 0 Å². The molecule has 0 radical (unpaired) electrons. The number of hydrogen-bond acceptors (Lipinski definition) is 2. The van der Waals surface area contributed by atoms with E-state index in [1.165, 1.54) is 20.1 Å². The number of furan rings is 1. The number of aryl methyl sites for hydroxylation is 2. The fraction of sp³-hybridized carbons (Fsp3) is 0.292. The number of halogens is 3. The molecule has 0 saturated carbocycles. The lowest BCUT2D eigenvalue weighted by Gasteiger charge is -2.29. The Labute approximate surface area is 171 Å². The van der Waals surface area contributed by atoms with Crippen molar-refractivity contribution in [1.29, 1.82) is 0 Å². The first-order chi connectivity index (χ1) is 14.1. The molecule has 30 heavy (non-hydrogen) atoms. The van der Waals surface area contributed by atoms with Crippen molar-refractivity contribution in [3.8, 4) is 22.8 Å². The smallest absolute Gasteiger partial charge is 0.394 e. The Bertz CT molecular complexity index is 1330. The fourth-order valence-electron chi connectivity index (χ4n) is 4.36. The van der Waals surface area contributed by atoms with Crippen LogP contribution in [0.25, 0.3) is 33.1 Å². The van der Waals surface area contributed by atoms with Crippen molar-refractivity contribution in [2.75, 3.05) is 0 Å². The molecule has 5 rings (SSSR count). The zero-order chi connectivity index (χ0) is 21.4. The van der Waals surface area contributed by atoms with Crippen LogP contribution in [-0.2, 0) is 13.5 Å². The van der Waals surface area contributed by atoms with E-state index in [1.54, 1.807) is 0 Å². The van der Waals surface area contributed by atoms with Crippen LogP contribution in [-0.4, -0.2) is 6.18 Å². The second-order valence-corrected chi connectivity index (χ2v) is 8.62. The van der Waals surface area contributed by atoms with Gasteiger partial charge in [0, 0.05) is 11.6 Å². The van der Waals surface area contributed by atoms with Crippen molar-refractivity contribution in [2.24, 2.45) is 12.5 Å². The molecule has 0 N–H and O–H groups in total. The third kappa shape index (κ3) is 2.49. The molecule has 0 bridgehead atoms. The molecule has 0 fully saturated rings. The molecule has 4 aromatic rings. The number of nitrogens with zero attached hydrogens (tertiary/aromatic N) is 1. The Hall–Kier alpha value is -3.02. The monoisotopic (exact) mass is 412 g/mol. The van der Waals surface area contributed by atoms with Gasteiger partial charge in [0.2, 0.25) is 11.3 Å². The molecule has 0 spiro atoms. The molecule has 1 aliphatic rings. The lowest BCUT2D eigenvalue weighted by atomic mass is 9.82. The first-order valence-electron chi connectivity index (χ1n) is 9.79. The minimum absolute atomic E-state index is 0.192. The number of ether oxygens (including phenoxy) is 1. The van der Waals surface area contributed by atoms with Crippen molar-refractivity contribution in [1.82, 2.24) is 0 Å². The normalized spacial score (nSPS) is 13.6. The van der Waals surface area contributed by atoms with Crippen LogP contribution in [0.2, 0.25) is 0 Å². The Morgan fingerprint density at radius 3 is 2.50 bits per heavy atom. The van der Waals surface area contributed by atoms with Crippen LogP contribution >= 0.6 is 0 Å². The average molecular weight is 412 g/mol. The number of benzene rings is 2. The molecule has 2 aromatic carbocycles. The summed E-state index contributed by atoms with van der Waals surface area (Å²) in [6.45, 7) is 4.47. The van der Waals surface area contributed by atoms with Crippen LogP contribution in [0.4, 0.5) is 13.2 Å². The van der Waals surface area contributed by atoms with Gasteiger partial charge in [-0.1, -0.05) is 32.0 Å². The van der Waals surface area contributed by atoms with Crippen molar-refractivity contribution in [3.63, 3.8) is 0 Å². The number of rotatable bonds is 2. The Kier molecular flexibility index (Phi) is 3.79. The van der Waals surface area contributed by atoms with Crippen LogP contribution in [0.15, 0.2) is 47.1 Å². The maximum absolute atomic E-state index is 13.8. The summed E-state index contributed by atoms with van der Waals surface area (Å²) in [7, 11) is 1.92. The highest BCUT2D eigenvalue weighted by molar-refractivity contribution is 6.03. The predicted octanol–water partition coefficient (Wildman–Crippen LogP) is 6.62. The predicted molar refractivity (Wildman–Crippen MR) is 109 cm³/mol. The second kappa shape index (κ2) is 6.00. The standard InChI is InChI=1S/C24H21F3NO2/c1-13-9-10-17-20-18(12-29-17)30-22-15(11-23(2,3)24(25,26)27)14-7-5-6-8-16(14)28(4)21(22)19(13)20/h5-10,12H,11H2,1-4H3/q+1. The minimum atomic E-state index is -4.34. The van der Waals surface area contributed by atoms with Gasteiger partial charge in [0.05, 0.1) is 21.8 Å². The van der Waals surface area contributed by atoms with Gasteiger partial charge in [0.1, 0.15) is 18.9 Å². The molecule has 0 amide bonds. The summed E-state index contributed by atoms with van der Waals surface area (Å²) in [4.78, 5) is 0. The summed E-state index contributed by atoms with van der Waals surface area (Å²) < 4.78 is 55.3. The van der Waals surface area contributed by atoms with Gasteiger partial charge in [-0.05, 0) is 31.0 Å². The van der Waals surface area contributed by atoms with Crippen molar-refractivity contribution < 1.29 is 26.9 Å². The van der Waals surface area contributed by atoms with E-state index < -0.39 is 11.6 Å². The number of hydrogen-bond donors (Lipinski definition) is 0. The Morgan fingerprint density at radius 1 is 1.03 bits per heavy atom. The van der Waals surface area contributed by atoms with Gasteiger partial charge in [-0.25, -0.2) is 0 Å². The lowest BCUT2D eigenvalue weighted by molar-refractivity contribution is -0.633. The van der Waals surface area contributed by atoms with Crippen molar-refractivity contribution in [2.45, 2.75) is 33.4 Å². The van der Waals surface area contributed by atoms with Crippen molar-refractivity contribution in [3.05, 3.63) is 53.8 Å². The molecule has 3 heterocycles. The molecule has 6 heteroatoms. The van der Waals surface area contributed by atoms with E-state index in [2.05, 4.69) is 0 Å². The number of fused-ring (bicyclic) bond motifs is 3. The van der Waals surface area contributed by atoms with E-state index in [4.69, 9.17) is 9.15 Å². The van der Waals surface area contributed by atoms with Crippen LogP contribution < -0.4 is 9.30 Å². The molecule has 1 aliphatic heterocycles. The van der Waals surface area contributed by atoms with Gasteiger partial charge in [-0.2, -0.15) is 17.7 Å². The zero-order valence-electron chi connectivity index (χ0n) is 17.1. The molecule has 2 aromatic heterocycles. The first-order valence-corrected chi connectivity index (χ1v) is 9.79. The number of para-hydroxylation sites is 1. The highest BCUT2D eigenvalue weighted by atomic mass is 19.4. The summed E-state index contributed by atoms with van der Waals surface area (Å²) in [5.74, 6) is 1.01. The number of pyridine rings is 1. The minimum Gasteiger partial charge on any atom is -0.460 e. The van der Waals surface area contributed by atoms with Gasteiger partial charge < -0.3 is 9.15 Å². The molecule has 0 atom stereocenters. The maximum atomic E-state index is 13.8. The summed E-state index contributed by atoms with van der Waals surface area (Å²) in [5.41, 5.74) is 2.93. The first kappa shape index (κ1) is 19.0. The van der Waals surface area contributed by atoms with Gasteiger partial charge >= 0.3 is 6.18 Å². The van der Waals surface area contributed by atoms with E-state index in [9.17, 15) is 13.2 Å². The molecule has 154 valence electrons. The highest BCUT2D eigenvalue weighted by Gasteiger charge is 2.48. The Morgan fingerprint density at radius 2 is 1.77 bits per heavy atom. The van der Waals surface area contributed by atoms with Crippen LogP contribution in [0.5, 0.6) is 11.5 Å². The number of aromatic nitrogens is 1. The lowest BCUT2D eigenvalue weighted by Crippen LogP contribution is -2.37. The molecule has 3 nitrogen and oxygen atoms in total. The van der Waals surface area contributed by atoms with E-state index in [0.29, 0.717) is 22.6 Å². The molecular formula is C24H21F3NO2+. The van der Waals surface area contributed by atoms with Gasteiger partial charge in [0.15, 0.2) is 5.75 Å². The summed E-state index contributed by atoms with van der Waals surface area (Å²) in [5, 5.41) is 1.61. The maximum Gasteiger partial charge on any atom is 0.394 e. The van der Waals surface area contributed by atoms with Crippen LogP contribution in [0.1, 0.15) is 25.0 Å². The Balaban J connectivity index is 1.90. The zero-order valence-corrected chi connectivity index (χ0v) is 17.1. The summed E-state index contributed by atoms with van der Waals surface area (Å²) in [6.07, 6.45) is -3.00. The SMILES string of the molecule is Cc1ccc2occ3c2c1-c1c(c(CC(C)(C)C(F)(F)F)c2ccccc2[n+]1C)O3. The molecular weight excluding hydrogens is 391 g/mol.